The minimum absolute atomic E-state index is 0.958. The summed E-state index contributed by atoms with van der Waals surface area (Å²) in [5.41, 5.74) is 2.44. The summed E-state index contributed by atoms with van der Waals surface area (Å²) in [4.78, 5) is 0. The molecule has 0 aliphatic carbocycles. The second kappa shape index (κ2) is 4.13. The Bertz CT molecular complexity index is 138. The van der Waals surface area contributed by atoms with Crippen molar-refractivity contribution < 1.29 is 0 Å². The van der Waals surface area contributed by atoms with Crippen molar-refractivity contribution in [1.82, 2.24) is 0 Å². The summed E-state index contributed by atoms with van der Waals surface area (Å²) in [6.07, 6.45) is 4.89. The van der Waals surface area contributed by atoms with Crippen LogP contribution in [0, 0.1) is 0 Å². The highest BCUT2D eigenvalue weighted by atomic mass is 13.9. The Morgan fingerprint density at radius 1 is 1.56 bits per heavy atom. The largest absolute Gasteiger partial charge is 0.0998 e. The average molecular weight is 122 g/mol. The molecule has 0 heteroatoms. The van der Waals surface area contributed by atoms with Crippen LogP contribution in [-0.4, -0.2) is 0 Å². The van der Waals surface area contributed by atoms with Crippen molar-refractivity contribution in [2.45, 2.75) is 20.3 Å². The zero-order valence-corrected chi connectivity index (χ0v) is 6.28. The Kier molecular flexibility index (Phi) is 3.78. The van der Waals surface area contributed by atoms with Crippen molar-refractivity contribution in [3.63, 3.8) is 0 Å². The van der Waals surface area contributed by atoms with Crippen molar-refractivity contribution in [3.8, 4) is 0 Å². The van der Waals surface area contributed by atoms with Crippen LogP contribution in [0.25, 0.3) is 0 Å². The summed E-state index contributed by atoms with van der Waals surface area (Å²) >= 11 is 0. The first-order chi connectivity index (χ1) is 4.20. The number of hydrogen-bond donors (Lipinski definition) is 0. The molecule has 0 rings (SSSR count). The first-order valence-electron chi connectivity index (χ1n) is 3.12. The topological polar surface area (TPSA) is 0 Å². The van der Waals surface area contributed by atoms with Crippen molar-refractivity contribution >= 4 is 0 Å². The van der Waals surface area contributed by atoms with Crippen LogP contribution in [0.4, 0.5) is 0 Å². The van der Waals surface area contributed by atoms with E-state index in [1.807, 2.05) is 19.9 Å². The molecule has 0 atom stereocenters. The Hall–Kier alpha value is -0.780. The average Bonchev–Trinajstić information content (AvgIpc) is 1.82. The van der Waals surface area contributed by atoms with Gasteiger partial charge in [0.15, 0.2) is 0 Å². The van der Waals surface area contributed by atoms with Crippen LogP contribution in [0.3, 0.4) is 0 Å². The van der Waals surface area contributed by atoms with E-state index >= 15 is 0 Å². The zero-order valence-electron chi connectivity index (χ0n) is 6.28. The fourth-order valence-electron chi connectivity index (χ4n) is 0.641. The van der Waals surface area contributed by atoms with Crippen LogP contribution in [0.2, 0.25) is 0 Å². The SMILES string of the molecule is C=C/C(=C\C)CC(=C)C. The molecular weight excluding hydrogens is 108 g/mol. The molecule has 0 aromatic rings. The van der Waals surface area contributed by atoms with E-state index in [1.54, 1.807) is 0 Å². The Morgan fingerprint density at radius 2 is 2.11 bits per heavy atom. The maximum atomic E-state index is 3.80. The molecule has 50 valence electrons. The summed E-state index contributed by atoms with van der Waals surface area (Å²) in [6, 6.07) is 0. The van der Waals surface area contributed by atoms with Gasteiger partial charge in [0, 0.05) is 0 Å². The molecule has 0 aromatic heterocycles. The molecule has 0 nitrogen and oxygen atoms in total. The van der Waals surface area contributed by atoms with Gasteiger partial charge in [-0.05, 0) is 25.8 Å². The van der Waals surface area contributed by atoms with Crippen molar-refractivity contribution in [1.29, 1.82) is 0 Å². The van der Waals surface area contributed by atoms with E-state index in [-0.39, 0.29) is 0 Å². The maximum Gasteiger partial charge on any atom is -0.00761 e. The van der Waals surface area contributed by atoms with Gasteiger partial charge < -0.3 is 0 Å². The summed E-state index contributed by atoms with van der Waals surface area (Å²) in [7, 11) is 0. The van der Waals surface area contributed by atoms with Gasteiger partial charge in [0.1, 0.15) is 0 Å². The lowest BCUT2D eigenvalue weighted by Gasteiger charge is -1.97. The van der Waals surface area contributed by atoms with Crippen LogP contribution in [0.5, 0.6) is 0 Å². The summed E-state index contributed by atoms with van der Waals surface area (Å²) in [5.74, 6) is 0. The van der Waals surface area contributed by atoms with Gasteiger partial charge in [-0.3, -0.25) is 0 Å². The highest BCUT2D eigenvalue weighted by Crippen LogP contribution is 2.08. The number of rotatable bonds is 3. The summed E-state index contributed by atoms with van der Waals surface area (Å²) < 4.78 is 0. The van der Waals surface area contributed by atoms with Gasteiger partial charge >= 0.3 is 0 Å². The van der Waals surface area contributed by atoms with Crippen molar-refractivity contribution in [2.75, 3.05) is 0 Å². The monoisotopic (exact) mass is 122 g/mol. The molecule has 0 bridgehead atoms. The van der Waals surface area contributed by atoms with Gasteiger partial charge in [0.05, 0.1) is 0 Å². The molecule has 0 aliphatic heterocycles. The third-order valence-electron chi connectivity index (χ3n) is 1.14. The fraction of sp³-hybridized carbons (Fsp3) is 0.333. The van der Waals surface area contributed by atoms with E-state index in [9.17, 15) is 0 Å². The lowest BCUT2D eigenvalue weighted by Crippen LogP contribution is -1.77. The van der Waals surface area contributed by atoms with Gasteiger partial charge in [-0.15, -0.1) is 0 Å². The van der Waals surface area contributed by atoms with Gasteiger partial charge in [0.2, 0.25) is 0 Å². The lowest BCUT2D eigenvalue weighted by atomic mass is 10.1. The Morgan fingerprint density at radius 3 is 2.22 bits per heavy atom. The Balaban J connectivity index is 3.86. The molecule has 0 amide bonds. The molecule has 0 radical (unpaired) electrons. The van der Waals surface area contributed by atoms with E-state index in [1.165, 1.54) is 11.1 Å². The first-order valence-corrected chi connectivity index (χ1v) is 3.12. The van der Waals surface area contributed by atoms with E-state index < -0.39 is 0 Å². The number of allylic oxidation sites excluding steroid dienone is 4. The van der Waals surface area contributed by atoms with Gasteiger partial charge in [0.25, 0.3) is 0 Å². The molecule has 0 unspecified atom stereocenters. The van der Waals surface area contributed by atoms with Crippen LogP contribution < -0.4 is 0 Å². The Labute approximate surface area is 57.6 Å². The van der Waals surface area contributed by atoms with Crippen LogP contribution >= 0.6 is 0 Å². The van der Waals surface area contributed by atoms with Crippen LogP contribution in [-0.2, 0) is 0 Å². The molecule has 0 aliphatic rings. The third-order valence-corrected chi connectivity index (χ3v) is 1.14. The molecule has 0 spiro atoms. The summed E-state index contributed by atoms with van der Waals surface area (Å²) in [5, 5.41) is 0. The molecule has 0 saturated carbocycles. The van der Waals surface area contributed by atoms with E-state index in [2.05, 4.69) is 19.2 Å². The summed E-state index contributed by atoms with van der Waals surface area (Å²) in [6.45, 7) is 11.5. The van der Waals surface area contributed by atoms with Gasteiger partial charge in [-0.2, -0.15) is 0 Å². The highest BCUT2D eigenvalue weighted by molar-refractivity contribution is 5.20. The standard InChI is InChI=1S/C9H14/c1-5-9(6-2)7-8(3)4/h5-6H,1,3,7H2,2,4H3/b9-6+. The van der Waals surface area contributed by atoms with E-state index in [4.69, 9.17) is 0 Å². The molecule has 0 aromatic carbocycles. The minimum atomic E-state index is 0.958. The van der Waals surface area contributed by atoms with Gasteiger partial charge in [-0.25, -0.2) is 0 Å². The lowest BCUT2D eigenvalue weighted by molar-refractivity contribution is 1.16. The van der Waals surface area contributed by atoms with E-state index in [0.717, 1.165) is 6.42 Å². The second-order valence-electron chi connectivity index (χ2n) is 2.20. The molecule has 0 N–H and O–H groups in total. The number of hydrogen-bond acceptors (Lipinski definition) is 0. The van der Waals surface area contributed by atoms with Crippen molar-refractivity contribution in [2.24, 2.45) is 0 Å². The highest BCUT2D eigenvalue weighted by Gasteiger charge is 1.87. The predicted octanol–water partition coefficient (Wildman–Crippen LogP) is 3.08. The molecule has 9 heavy (non-hydrogen) atoms. The quantitative estimate of drug-likeness (QED) is 0.398. The molecule has 0 heterocycles. The minimum Gasteiger partial charge on any atom is -0.0998 e. The van der Waals surface area contributed by atoms with Crippen molar-refractivity contribution in [3.05, 3.63) is 36.5 Å². The van der Waals surface area contributed by atoms with Crippen LogP contribution in [0.15, 0.2) is 36.5 Å². The molecule has 0 fully saturated rings. The zero-order chi connectivity index (χ0) is 7.28. The maximum absolute atomic E-state index is 3.80. The fourth-order valence-corrected chi connectivity index (χ4v) is 0.641. The normalized spacial score (nSPS) is 11.1. The van der Waals surface area contributed by atoms with E-state index in [0.29, 0.717) is 0 Å². The molecular formula is C9H14. The predicted molar refractivity (Wildman–Crippen MR) is 43.4 cm³/mol. The second-order valence-corrected chi connectivity index (χ2v) is 2.20. The molecule has 0 saturated heterocycles. The third kappa shape index (κ3) is 3.77. The van der Waals surface area contributed by atoms with Gasteiger partial charge in [-0.1, -0.05) is 30.9 Å². The first kappa shape index (κ1) is 8.22. The van der Waals surface area contributed by atoms with Crippen LogP contribution in [0.1, 0.15) is 20.3 Å². The smallest absolute Gasteiger partial charge is 0.00761 e.